The van der Waals surface area contributed by atoms with Gasteiger partial charge < -0.3 is 5.32 Å². The molecule has 0 saturated carbocycles. The van der Waals surface area contributed by atoms with Gasteiger partial charge in [0.25, 0.3) is 10.0 Å². The molecule has 0 aliphatic rings. The van der Waals surface area contributed by atoms with Crippen LogP contribution in [0.2, 0.25) is 0 Å². The quantitative estimate of drug-likeness (QED) is 0.452. The lowest BCUT2D eigenvalue weighted by atomic mass is 10.2. The van der Waals surface area contributed by atoms with Gasteiger partial charge in [-0.15, -0.1) is 10.2 Å². The molecule has 0 saturated heterocycles. The van der Waals surface area contributed by atoms with E-state index in [0.717, 1.165) is 28.2 Å². The van der Waals surface area contributed by atoms with Crippen molar-refractivity contribution >= 4 is 27.2 Å². The van der Waals surface area contributed by atoms with Crippen molar-refractivity contribution in [2.75, 3.05) is 10.0 Å². The monoisotopic (exact) mass is 448 g/mol. The summed E-state index contributed by atoms with van der Waals surface area (Å²) in [6, 6.07) is 17.4. The van der Waals surface area contributed by atoms with Crippen LogP contribution in [0.25, 0.3) is 5.82 Å². The normalized spacial score (nSPS) is 11.4. The number of sulfonamides is 1. The van der Waals surface area contributed by atoms with Crippen molar-refractivity contribution in [1.82, 2.24) is 20.0 Å². The number of aromatic nitrogens is 4. The van der Waals surface area contributed by atoms with Gasteiger partial charge >= 0.3 is 0 Å². The van der Waals surface area contributed by atoms with Crippen molar-refractivity contribution < 1.29 is 8.42 Å². The lowest BCUT2D eigenvalue weighted by Gasteiger charge is -2.10. The maximum Gasteiger partial charge on any atom is 0.261 e. The zero-order chi connectivity index (χ0) is 22.9. The Hall–Kier alpha value is -3.72. The highest BCUT2D eigenvalue weighted by atomic mass is 32.2. The van der Waals surface area contributed by atoms with E-state index in [9.17, 15) is 8.42 Å². The molecule has 4 rings (SSSR count). The summed E-state index contributed by atoms with van der Waals surface area (Å²) >= 11 is 0. The van der Waals surface area contributed by atoms with Gasteiger partial charge in [-0.05, 0) is 87.4 Å². The van der Waals surface area contributed by atoms with Gasteiger partial charge in [0, 0.05) is 17.1 Å². The lowest BCUT2D eigenvalue weighted by molar-refractivity contribution is 0.601. The molecule has 0 atom stereocenters. The average Bonchev–Trinajstić information content (AvgIpc) is 3.03. The molecule has 0 spiro atoms. The van der Waals surface area contributed by atoms with E-state index in [4.69, 9.17) is 0 Å². The predicted octanol–water partition coefficient (Wildman–Crippen LogP) is 4.44. The maximum atomic E-state index is 12.6. The van der Waals surface area contributed by atoms with E-state index in [1.54, 1.807) is 47.1 Å². The minimum absolute atomic E-state index is 0.230. The van der Waals surface area contributed by atoms with Crippen LogP contribution >= 0.6 is 0 Å². The Morgan fingerprint density at radius 1 is 0.844 bits per heavy atom. The molecule has 2 aromatic heterocycles. The SMILES string of the molecule is Cc1cccc(S(=O)(=O)Nc2ccc(Nc3ccc(-n4nc(C)c(C)c4C)nn3)cc2)c1. The highest BCUT2D eigenvalue weighted by molar-refractivity contribution is 7.92. The van der Waals surface area contributed by atoms with Crippen LogP contribution in [0, 0.1) is 27.7 Å². The third-order valence-corrected chi connectivity index (χ3v) is 6.61. The van der Waals surface area contributed by atoms with Crippen molar-refractivity contribution in [3.63, 3.8) is 0 Å². The molecule has 0 amide bonds. The fourth-order valence-corrected chi connectivity index (χ4v) is 4.38. The Balaban J connectivity index is 1.45. The lowest BCUT2D eigenvalue weighted by Crippen LogP contribution is -2.13. The van der Waals surface area contributed by atoms with E-state index in [0.29, 0.717) is 17.3 Å². The van der Waals surface area contributed by atoms with Crippen LogP contribution in [0.5, 0.6) is 0 Å². The molecule has 0 bridgehead atoms. The second kappa shape index (κ2) is 8.43. The number of anilines is 3. The van der Waals surface area contributed by atoms with Crippen molar-refractivity contribution in [1.29, 1.82) is 0 Å². The first kappa shape index (κ1) is 21.5. The number of hydrogen-bond acceptors (Lipinski definition) is 6. The standard InChI is InChI=1S/C23H24N6O2S/c1-15-6-5-7-21(14-15)32(30,31)28-20-10-8-19(9-11-20)24-22-12-13-23(26-25-22)29-18(4)16(2)17(3)27-29/h5-14,28H,1-4H3,(H,24,25). The number of nitrogens with one attached hydrogen (secondary N) is 2. The molecule has 4 aromatic rings. The molecule has 0 fully saturated rings. The zero-order valence-corrected chi connectivity index (χ0v) is 19.1. The summed E-state index contributed by atoms with van der Waals surface area (Å²) in [6.45, 7) is 7.85. The van der Waals surface area contributed by atoms with Crippen molar-refractivity contribution in [2.24, 2.45) is 0 Å². The fourth-order valence-electron chi connectivity index (χ4n) is 3.21. The van der Waals surface area contributed by atoms with E-state index >= 15 is 0 Å². The van der Waals surface area contributed by atoms with Crippen LogP contribution in [-0.2, 0) is 10.0 Å². The van der Waals surface area contributed by atoms with Crippen LogP contribution in [0.15, 0.2) is 65.6 Å². The first-order valence-electron chi connectivity index (χ1n) is 10.1. The smallest absolute Gasteiger partial charge is 0.261 e. The second-order valence-electron chi connectivity index (χ2n) is 7.61. The van der Waals surface area contributed by atoms with Crippen molar-refractivity contribution in [3.8, 4) is 5.82 Å². The summed E-state index contributed by atoms with van der Waals surface area (Å²) < 4.78 is 29.5. The second-order valence-corrected chi connectivity index (χ2v) is 9.29. The summed E-state index contributed by atoms with van der Waals surface area (Å²) in [5, 5.41) is 16.1. The molecule has 0 radical (unpaired) electrons. The molecule has 164 valence electrons. The van der Waals surface area contributed by atoms with E-state index in [1.807, 2.05) is 45.9 Å². The Kier molecular flexibility index (Phi) is 5.67. The first-order chi connectivity index (χ1) is 15.2. The molecule has 0 unspecified atom stereocenters. The molecule has 0 aliphatic carbocycles. The molecule has 2 N–H and O–H groups in total. The highest BCUT2D eigenvalue weighted by Gasteiger charge is 2.14. The highest BCUT2D eigenvalue weighted by Crippen LogP contribution is 2.21. The van der Waals surface area contributed by atoms with Gasteiger partial charge in [-0.1, -0.05) is 12.1 Å². The number of nitrogens with zero attached hydrogens (tertiary/aromatic N) is 4. The molecule has 2 heterocycles. The van der Waals surface area contributed by atoms with Crippen LogP contribution in [0.4, 0.5) is 17.2 Å². The molecular formula is C23H24N6O2S. The van der Waals surface area contributed by atoms with Crippen molar-refractivity contribution in [3.05, 3.63) is 83.2 Å². The maximum absolute atomic E-state index is 12.6. The van der Waals surface area contributed by atoms with Crippen molar-refractivity contribution in [2.45, 2.75) is 32.6 Å². The van der Waals surface area contributed by atoms with Crippen LogP contribution in [-0.4, -0.2) is 28.4 Å². The molecule has 32 heavy (non-hydrogen) atoms. The average molecular weight is 449 g/mol. The predicted molar refractivity (Wildman–Crippen MR) is 125 cm³/mol. The zero-order valence-electron chi connectivity index (χ0n) is 18.3. The minimum Gasteiger partial charge on any atom is -0.339 e. The van der Waals surface area contributed by atoms with Crippen LogP contribution in [0.3, 0.4) is 0 Å². The van der Waals surface area contributed by atoms with Gasteiger partial charge in [-0.3, -0.25) is 4.72 Å². The van der Waals surface area contributed by atoms with Gasteiger partial charge in [0.05, 0.1) is 10.6 Å². The summed E-state index contributed by atoms with van der Waals surface area (Å²) in [6.07, 6.45) is 0. The van der Waals surface area contributed by atoms with Gasteiger partial charge in [-0.25, -0.2) is 13.1 Å². The summed E-state index contributed by atoms with van der Waals surface area (Å²) in [7, 11) is -3.64. The van der Waals surface area contributed by atoms with Gasteiger partial charge in [-0.2, -0.15) is 5.10 Å². The molecule has 0 aliphatic heterocycles. The van der Waals surface area contributed by atoms with Crippen LogP contribution in [0.1, 0.15) is 22.5 Å². The largest absolute Gasteiger partial charge is 0.339 e. The van der Waals surface area contributed by atoms with E-state index in [-0.39, 0.29) is 4.90 Å². The summed E-state index contributed by atoms with van der Waals surface area (Å²) in [5.74, 6) is 1.21. The van der Waals surface area contributed by atoms with Crippen LogP contribution < -0.4 is 10.0 Å². The van der Waals surface area contributed by atoms with Gasteiger partial charge in [0.1, 0.15) is 0 Å². The van der Waals surface area contributed by atoms with Gasteiger partial charge in [0.2, 0.25) is 0 Å². The van der Waals surface area contributed by atoms with Gasteiger partial charge in [0.15, 0.2) is 11.6 Å². The summed E-state index contributed by atoms with van der Waals surface area (Å²) in [5.41, 5.74) is 5.23. The topological polar surface area (TPSA) is 102 Å². The Morgan fingerprint density at radius 3 is 2.16 bits per heavy atom. The third-order valence-electron chi connectivity index (χ3n) is 5.23. The molecule has 2 aromatic carbocycles. The first-order valence-corrected chi connectivity index (χ1v) is 11.5. The number of rotatable bonds is 6. The third kappa shape index (κ3) is 4.47. The number of aryl methyl sites for hydroxylation is 2. The van der Waals surface area contributed by atoms with E-state index in [2.05, 4.69) is 25.3 Å². The Labute approximate surface area is 187 Å². The number of benzene rings is 2. The van der Waals surface area contributed by atoms with E-state index in [1.165, 1.54) is 0 Å². The van der Waals surface area contributed by atoms with E-state index < -0.39 is 10.0 Å². The summed E-state index contributed by atoms with van der Waals surface area (Å²) in [4.78, 5) is 0.230. The molecular weight excluding hydrogens is 424 g/mol. The fraction of sp³-hybridized carbons (Fsp3) is 0.174. The molecule has 9 heteroatoms. The minimum atomic E-state index is -3.64. The number of hydrogen-bond donors (Lipinski definition) is 2. The Bertz CT molecular complexity index is 1360. The molecule has 8 nitrogen and oxygen atoms in total. The Morgan fingerprint density at radius 2 is 1.56 bits per heavy atom.